The smallest absolute Gasteiger partial charge is 0.282 e. The summed E-state index contributed by atoms with van der Waals surface area (Å²) in [5.74, 6) is 1.72. The van der Waals surface area contributed by atoms with E-state index in [2.05, 4.69) is 51.4 Å². The minimum atomic E-state index is -0.209. The first kappa shape index (κ1) is 25.8. The molecule has 0 N–H and O–H groups in total. The second-order valence-corrected chi connectivity index (χ2v) is 12.2. The standard InChI is InChI=1S/C20H17ClN2O.C13H23N/c21-14-8-6-10-16-17(14)18(24)22-19-20(11-4-1-5-12-20)13-7-2-3-9-15(13)23(16)19;1-2-12-6-8-13(9-7-12)14-10-4-3-5-11-14/h2-3,6-10H,1,4-5,11-12H2;2,12-13H,1,3-11H2. The highest BCUT2D eigenvalue weighted by atomic mass is 35.5. The van der Waals surface area contributed by atoms with Gasteiger partial charge in [-0.05, 0) is 94.1 Å². The third-order valence-electron chi connectivity index (χ3n) is 9.64. The van der Waals surface area contributed by atoms with Crippen molar-refractivity contribution >= 4 is 22.5 Å². The zero-order valence-corrected chi connectivity index (χ0v) is 23.3. The SMILES string of the molecule is C=CC1CCC(N2CCCCC2)CC1.O=c1nc2n(c3cccc(Cl)c13)-c1ccccc1C21CCCCC1. The van der Waals surface area contributed by atoms with Gasteiger partial charge in [0.05, 0.1) is 27.0 Å². The zero-order chi connectivity index (χ0) is 26.1. The van der Waals surface area contributed by atoms with Crippen molar-refractivity contribution in [1.82, 2.24) is 14.5 Å². The number of piperidine rings is 1. The molecule has 3 aromatic rings. The number of nitrogens with zero attached hydrogens (tertiary/aromatic N) is 3. The van der Waals surface area contributed by atoms with Gasteiger partial charge in [-0.2, -0.15) is 4.98 Å². The number of likely N-dealkylation sites (tertiary alicyclic amines) is 1. The molecular weight excluding hydrogens is 490 g/mol. The predicted molar refractivity (Wildman–Crippen MR) is 158 cm³/mol. The highest BCUT2D eigenvalue weighted by Crippen LogP contribution is 2.51. The average Bonchev–Trinajstić information content (AvgIpc) is 3.23. The molecule has 0 atom stereocenters. The minimum absolute atomic E-state index is 0.121. The first-order chi connectivity index (χ1) is 18.6. The molecule has 2 aliphatic heterocycles. The van der Waals surface area contributed by atoms with Gasteiger partial charge in [0, 0.05) is 6.04 Å². The Bertz CT molecular complexity index is 1360. The number of halogens is 1. The first-order valence-electron chi connectivity index (χ1n) is 14.8. The van der Waals surface area contributed by atoms with Gasteiger partial charge in [0.1, 0.15) is 5.82 Å². The summed E-state index contributed by atoms with van der Waals surface area (Å²) in [4.78, 5) is 20.0. The summed E-state index contributed by atoms with van der Waals surface area (Å²) in [6, 6.07) is 15.0. The van der Waals surface area contributed by atoms with Crippen molar-refractivity contribution in [2.24, 2.45) is 5.92 Å². The fourth-order valence-corrected chi connectivity index (χ4v) is 7.87. The molecule has 2 aliphatic carbocycles. The third kappa shape index (κ3) is 4.54. The van der Waals surface area contributed by atoms with E-state index in [1.165, 1.54) is 82.9 Å². The molecule has 4 aliphatic rings. The molecule has 1 aromatic heterocycles. The van der Waals surface area contributed by atoms with Crippen molar-refractivity contribution in [3.8, 4) is 5.69 Å². The van der Waals surface area contributed by atoms with Crippen LogP contribution in [-0.2, 0) is 5.41 Å². The maximum atomic E-state index is 12.7. The molecule has 3 fully saturated rings. The van der Waals surface area contributed by atoms with Crippen molar-refractivity contribution in [2.45, 2.75) is 88.5 Å². The first-order valence-corrected chi connectivity index (χ1v) is 15.2. The number of aromatic nitrogens is 2. The summed E-state index contributed by atoms with van der Waals surface area (Å²) in [5, 5.41) is 0.993. The Morgan fingerprint density at radius 2 is 1.61 bits per heavy atom. The van der Waals surface area contributed by atoms with Crippen LogP contribution in [-0.4, -0.2) is 33.6 Å². The molecule has 0 bridgehead atoms. The van der Waals surface area contributed by atoms with E-state index in [1.54, 1.807) is 6.07 Å². The highest BCUT2D eigenvalue weighted by molar-refractivity contribution is 6.35. The summed E-state index contributed by atoms with van der Waals surface area (Å²) in [7, 11) is 0. The van der Waals surface area contributed by atoms with E-state index in [1.807, 2.05) is 12.1 Å². The van der Waals surface area contributed by atoms with Crippen molar-refractivity contribution in [2.75, 3.05) is 13.1 Å². The van der Waals surface area contributed by atoms with Gasteiger partial charge in [0.15, 0.2) is 0 Å². The Balaban J connectivity index is 0.000000161. The fraction of sp³-hybridized carbons (Fsp3) is 0.515. The second-order valence-electron chi connectivity index (χ2n) is 11.8. The molecule has 1 spiro atoms. The molecule has 7 rings (SSSR count). The molecule has 38 heavy (non-hydrogen) atoms. The Labute approximate surface area is 231 Å². The quantitative estimate of drug-likeness (QED) is 0.317. The number of allylic oxidation sites excluding steroid dienone is 1. The zero-order valence-electron chi connectivity index (χ0n) is 22.5. The van der Waals surface area contributed by atoms with E-state index in [-0.39, 0.29) is 11.0 Å². The number of hydrogen-bond acceptors (Lipinski definition) is 3. The lowest BCUT2D eigenvalue weighted by Gasteiger charge is -2.38. The van der Waals surface area contributed by atoms with E-state index in [4.69, 9.17) is 11.6 Å². The Kier molecular flexibility index (Phi) is 7.46. The second kappa shape index (κ2) is 11.0. The normalized spacial score (nSPS) is 24.3. The van der Waals surface area contributed by atoms with Crippen molar-refractivity contribution in [1.29, 1.82) is 0 Å². The monoisotopic (exact) mass is 529 g/mol. The fourth-order valence-electron chi connectivity index (χ4n) is 7.62. The molecule has 3 heterocycles. The van der Waals surface area contributed by atoms with Gasteiger partial charge in [-0.3, -0.25) is 9.36 Å². The number of fused-ring (bicyclic) bond motifs is 7. The van der Waals surface area contributed by atoms with Gasteiger partial charge < -0.3 is 4.90 Å². The number of para-hydroxylation sites is 1. The summed E-state index contributed by atoms with van der Waals surface area (Å²) in [5.41, 5.74) is 3.00. The van der Waals surface area contributed by atoms with Gasteiger partial charge in [-0.1, -0.05) is 67.6 Å². The van der Waals surface area contributed by atoms with Crippen LogP contribution in [0, 0.1) is 5.92 Å². The van der Waals surface area contributed by atoms with Crippen LogP contribution in [0.4, 0.5) is 0 Å². The van der Waals surface area contributed by atoms with E-state index < -0.39 is 0 Å². The molecule has 200 valence electrons. The van der Waals surface area contributed by atoms with E-state index in [0.717, 1.165) is 41.8 Å². The molecule has 0 amide bonds. The van der Waals surface area contributed by atoms with Crippen LogP contribution in [0.3, 0.4) is 0 Å². The Morgan fingerprint density at radius 3 is 2.34 bits per heavy atom. The molecule has 0 unspecified atom stereocenters. The molecule has 0 radical (unpaired) electrons. The van der Waals surface area contributed by atoms with Crippen molar-refractivity contribution in [3.63, 3.8) is 0 Å². The summed E-state index contributed by atoms with van der Waals surface area (Å²) in [6.07, 6.45) is 17.8. The summed E-state index contributed by atoms with van der Waals surface area (Å²) in [6.45, 7) is 6.64. The van der Waals surface area contributed by atoms with E-state index in [0.29, 0.717) is 10.4 Å². The largest absolute Gasteiger partial charge is 0.300 e. The maximum Gasteiger partial charge on any atom is 0.282 e. The Morgan fingerprint density at radius 1 is 0.895 bits per heavy atom. The van der Waals surface area contributed by atoms with Crippen LogP contribution in [0.25, 0.3) is 16.6 Å². The van der Waals surface area contributed by atoms with Gasteiger partial charge in [-0.15, -0.1) is 6.58 Å². The molecule has 2 aromatic carbocycles. The van der Waals surface area contributed by atoms with Gasteiger partial charge in [-0.25, -0.2) is 0 Å². The van der Waals surface area contributed by atoms with Crippen LogP contribution < -0.4 is 5.56 Å². The van der Waals surface area contributed by atoms with Gasteiger partial charge in [0.25, 0.3) is 5.56 Å². The van der Waals surface area contributed by atoms with Crippen LogP contribution in [0.15, 0.2) is 59.9 Å². The molecule has 2 saturated carbocycles. The third-order valence-corrected chi connectivity index (χ3v) is 9.96. The summed E-state index contributed by atoms with van der Waals surface area (Å²) < 4.78 is 2.17. The lowest BCUT2D eigenvalue weighted by molar-refractivity contribution is 0.122. The average molecular weight is 530 g/mol. The van der Waals surface area contributed by atoms with Crippen LogP contribution in [0.1, 0.15) is 88.4 Å². The minimum Gasteiger partial charge on any atom is -0.300 e. The van der Waals surface area contributed by atoms with Gasteiger partial charge in [0.2, 0.25) is 0 Å². The Hall–Kier alpha value is -2.43. The van der Waals surface area contributed by atoms with Crippen molar-refractivity contribution < 1.29 is 0 Å². The number of benzene rings is 2. The van der Waals surface area contributed by atoms with Crippen LogP contribution >= 0.6 is 11.6 Å². The van der Waals surface area contributed by atoms with Gasteiger partial charge >= 0.3 is 0 Å². The lowest BCUT2D eigenvalue weighted by atomic mass is 9.70. The lowest BCUT2D eigenvalue weighted by Crippen LogP contribution is -2.41. The number of hydrogen-bond donors (Lipinski definition) is 0. The molecule has 4 nitrogen and oxygen atoms in total. The van der Waals surface area contributed by atoms with Crippen LogP contribution in [0.5, 0.6) is 0 Å². The molecule has 5 heteroatoms. The summed E-state index contributed by atoms with van der Waals surface area (Å²) >= 11 is 6.32. The van der Waals surface area contributed by atoms with Crippen LogP contribution in [0.2, 0.25) is 5.02 Å². The van der Waals surface area contributed by atoms with E-state index in [9.17, 15) is 4.79 Å². The van der Waals surface area contributed by atoms with E-state index >= 15 is 0 Å². The molecule has 1 saturated heterocycles. The van der Waals surface area contributed by atoms with Crippen molar-refractivity contribution in [3.05, 3.63) is 81.9 Å². The maximum absolute atomic E-state index is 12.7. The topological polar surface area (TPSA) is 38.1 Å². The number of rotatable bonds is 2. The predicted octanol–water partition coefficient (Wildman–Crippen LogP) is 7.82. The highest BCUT2D eigenvalue weighted by Gasteiger charge is 2.46. The molecular formula is C33H40ClN3O.